The lowest BCUT2D eigenvalue weighted by atomic mass is 10.1. The second-order valence-electron chi connectivity index (χ2n) is 3.58. The van der Waals surface area contributed by atoms with Gasteiger partial charge in [0.25, 0.3) is 0 Å². The second-order valence-corrected chi connectivity index (χ2v) is 3.58. The average Bonchev–Trinajstić information content (AvgIpc) is 2.63. The molecule has 1 aliphatic rings. The maximum atomic E-state index is 4.30. The molecule has 1 saturated heterocycles. The topological polar surface area (TPSA) is 40.7 Å². The van der Waals surface area contributed by atoms with Crippen molar-refractivity contribution in [2.75, 3.05) is 13.1 Å². The Bertz CT molecular complexity index is 248. The van der Waals surface area contributed by atoms with Crippen LogP contribution in [0.3, 0.4) is 0 Å². The third kappa shape index (κ3) is 1.67. The second kappa shape index (κ2) is 3.27. The van der Waals surface area contributed by atoms with Crippen LogP contribution in [0.1, 0.15) is 17.9 Å². The molecule has 1 aliphatic heterocycles. The largest absolute Gasteiger partial charge is 0.346 e. The molecule has 1 aromatic rings. The van der Waals surface area contributed by atoms with E-state index in [1.54, 1.807) is 0 Å². The first kappa shape index (κ1) is 7.80. The number of aromatic nitrogens is 2. The van der Waals surface area contributed by atoms with Crippen LogP contribution < -0.4 is 5.32 Å². The summed E-state index contributed by atoms with van der Waals surface area (Å²) in [5.74, 6) is 1.93. The van der Waals surface area contributed by atoms with Crippen LogP contribution in [0, 0.1) is 12.8 Å². The smallest absolute Gasteiger partial charge is 0.106 e. The number of rotatable bonds is 2. The van der Waals surface area contributed by atoms with Gasteiger partial charge in [-0.1, -0.05) is 0 Å². The molecule has 0 radical (unpaired) electrons. The fourth-order valence-corrected chi connectivity index (χ4v) is 1.73. The summed E-state index contributed by atoms with van der Waals surface area (Å²) >= 11 is 0. The van der Waals surface area contributed by atoms with E-state index in [4.69, 9.17) is 0 Å². The van der Waals surface area contributed by atoms with Crippen LogP contribution in [0.15, 0.2) is 6.20 Å². The molecule has 0 amide bonds. The zero-order chi connectivity index (χ0) is 8.39. The Morgan fingerprint density at radius 3 is 3.17 bits per heavy atom. The fourth-order valence-electron chi connectivity index (χ4n) is 1.73. The SMILES string of the molecule is Cc1cnc(CC2CCNC2)[nH]1. The fraction of sp³-hybridized carbons (Fsp3) is 0.667. The van der Waals surface area contributed by atoms with E-state index in [1.165, 1.54) is 13.0 Å². The highest BCUT2D eigenvalue weighted by Crippen LogP contribution is 2.12. The molecule has 1 fully saturated rings. The molecule has 66 valence electrons. The Kier molecular flexibility index (Phi) is 2.13. The van der Waals surface area contributed by atoms with Gasteiger partial charge < -0.3 is 10.3 Å². The molecular weight excluding hydrogens is 150 g/mol. The minimum Gasteiger partial charge on any atom is -0.346 e. The van der Waals surface area contributed by atoms with Gasteiger partial charge in [-0.05, 0) is 32.4 Å². The van der Waals surface area contributed by atoms with Crippen molar-refractivity contribution in [2.45, 2.75) is 19.8 Å². The van der Waals surface area contributed by atoms with E-state index in [1.807, 2.05) is 13.1 Å². The molecule has 0 saturated carbocycles. The minimum atomic E-state index is 0.788. The molecule has 2 N–H and O–H groups in total. The molecule has 1 aromatic heterocycles. The van der Waals surface area contributed by atoms with E-state index < -0.39 is 0 Å². The van der Waals surface area contributed by atoms with Crippen LogP contribution in [0.4, 0.5) is 0 Å². The molecule has 3 nitrogen and oxygen atoms in total. The molecule has 2 rings (SSSR count). The summed E-state index contributed by atoms with van der Waals surface area (Å²) in [6.45, 7) is 4.37. The van der Waals surface area contributed by atoms with Gasteiger partial charge in [-0.15, -0.1) is 0 Å². The summed E-state index contributed by atoms with van der Waals surface area (Å²) in [5, 5.41) is 3.36. The van der Waals surface area contributed by atoms with Gasteiger partial charge in [0.2, 0.25) is 0 Å². The molecular formula is C9H15N3. The van der Waals surface area contributed by atoms with Crippen molar-refractivity contribution < 1.29 is 0 Å². The Morgan fingerprint density at radius 2 is 2.58 bits per heavy atom. The Labute approximate surface area is 72.6 Å². The third-order valence-corrected chi connectivity index (χ3v) is 2.40. The van der Waals surface area contributed by atoms with Crippen LogP contribution in [0.2, 0.25) is 0 Å². The molecule has 0 aromatic carbocycles. The first-order valence-corrected chi connectivity index (χ1v) is 4.56. The highest BCUT2D eigenvalue weighted by atomic mass is 14.9. The van der Waals surface area contributed by atoms with Crippen molar-refractivity contribution in [1.29, 1.82) is 0 Å². The molecule has 3 heteroatoms. The predicted molar refractivity (Wildman–Crippen MR) is 48.0 cm³/mol. The summed E-state index contributed by atoms with van der Waals surface area (Å²) in [6.07, 6.45) is 4.29. The number of imidazole rings is 1. The molecule has 0 aliphatic carbocycles. The normalized spacial score (nSPS) is 23.2. The van der Waals surface area contributed by atoms with Gasteiger partial charge in [-0.25, -0.2) is 4.98 Å². The van der Waals surface area contributed by atoms with Crippen molar-refractivity contribution in [3.8, 4) is 0 Å². The number of nitrogens with zero attached hydrogens (tertiary/aromatic N) is 1. The van der Waals surface area contributed by atoms with Gasteiger partial charge in [-0.2, -0.15) is 0 Å². The molecule has 12 heavy (non-hydrogen) atoms. The van der Waals surface area contributed by atoms with Gasteiger partial charge in [-0.3, -0.25) is 0 Å². The van der Waals surface area contributed by atoms with E-state index in [-0.39, 0.29) is 0 Å². The number of hydrogen-bond acceptors (Lipinski definition) is 2. The monoisotopic (exact) mass is 165 g/mol. The lowest BCUT2D eigenvalue weighted by Crippen LogP contribution is -2.11. The zero-order valence-electron chi connectivity index (χ0n) is 7.43. The first-order chi connectivity index (χ1) is 5.84. The van der Waals surface area contributed by atoms with E-state index in [9.17, 15) is 0 Å². The van der Waals surface area contributed by atoms with Crippen LogP contribution in [-0.2, 0) is 6.42 Å². The van der Waals surface area contributed by atoms with Crippen LogP contribution in [-0.4, -0.2) is 23.1 Å². The quantitative estimate of drug-likeness (QED) is 0.682. The van der Waals surface area contributed by atoms with Gasteiger partial charge in [0.1, 0.15) is 5.82 Å². The van der Waals surface area contributed by atoms with Crippen molar-refractivity contribution in [1.82, 2.24) is 15.3 Å². The number of H-pyrrole nitrogens is 1. The maximum absolute atomic E-state index is 4.30. The Morgan fingerprint density at radius 1 is 1.67 bits per heavy atom. The number of aromatic amines is 1. The van der Waals surface area contributed by atoms with Crippen LogP contribution in [0.25, 0.3) is 0 Å². The lowest BCUT2D eigenvalue weighted by molar-refractivity contribution is 0.564. The van der Waals surface area contributed by atoms with Gasteiger partial charge in [0, 0.05) is 18.3 Å². The summed E-state index contributed by atoms with van der Waals surface area (Å²) in [6, 6.07) is 0. The van der Waals surface area contributed by atoms with Crippen LogP contribution in [0.5, 0.6) is 0 Å². The first-order valence-electron chi connectivity index (χ1n) is 4.56. The summed E-state index contributed by atoms with van der Waals surface area (Å²) in [5.41, 5.74) is 1.16. The van der Waals surface area contributed by atoms with Gasteiger partial charge in [0.15, 0.2) is 0 Å². The molecule has 0 bridgehead atoms. The Balaban J connectivity index is 1.94. The van der Waals surface area contributed by atoms with Gasteiger partial charge in [0.05, 0.1) is 0 Å². The average molecular weight is 165 g/mol. The zero-order valence-corrected chi connectivity index (χ0v) is 7.43. The summed E-state index contributed by atoms with van der Waals surface area (Å²) < 4.78 is 0. The molecule has 0 spiro atoms. The number of aryl methyl sites for hydroxylation is 1. The van der Waals surface area contributed by atoms with Crippen LogP contribution >= 0.6 is 0 Å². The number of hydrogen-bond donors (Lipinski definition) is 2. The van der Waals surface area contributed by atoms with Crippen molar-refractivity contribution in [3.05, 3.63) is 17.7 Å². The van der Waals surface area contributed by atoms with Crippen molar-refractivity contribution >= 4 is 0 Å². The predicted octanol–water partition coefficient (Wildman–Crippen LogP) is 0.870. The standard InChI is InChI=1S/C9H15N3/c1-7-5-11-9(12-7)4-8-2-3-10-6-8/h5,8,10H,2-4,6H2,1H3,(H,11,12). The van der Waals surface area contributed by atoms with Crippen molar-refractivity contribution in [2.24, 2.45) is 5.92 Å². The molecule has 1 unspecified atom stereocenters. The third-order valence-electron chi connectivity index (χ3n) is 2.40. The Hall–Kier alpha value is -0.830. The minimum absolute atomic E-state index is 0.788. The van der Waals surface area contributed by atoms with Gasteiger partial charge >= 0.3 is 0 Å². The summed E-state index contributed by atoms with van der Waals surface area (Å²) in [7, 11) is 0. The lowest BCUT2D eigenvalue weighted by Gasteiger charge is -2.03. The van der Waals surface area contributed by atoms with E-state index in [0.717, 1.165) is 30.4 Å². The molecule has 2 heterocycles. The van der Waals surface area contributed by atoms with E-state index in [2.05, 4.69) is 15.3 Å². The number of nitrogens with one attached hydrogen (secondary N) is 2. The maximum Gasteiger partial charge on any atom is 0.106 e. The molecule has 1 atom stereocenters. The highest BCUT2D eigenvalue weighted by molar-refractivity contribution is 4.99. The highest BCUT2D eigenvalue weighted by Gasteiger charge is 2.15. The summed E-state index contributed by atoms with van der Waals surface area (Å²) in [4.78, 5) is 7.56. The van der Waals surface area contributed by atoms with E-state index in [0.29, 0.717) is 0 Å². The van der Waals surface area contributed by atoms with Crippen molar-refractivity contribution in [3.63, 3.8) is 0 Å². The van der Waals surface area contributed by atoms with E-state index >= 15 is 0 Å².